The Labute approximate surface area is 111 Å². The third-order valence-corrected chi connectivity index (χ3v) is 3.88. The van der Waals surface area contributed by atoms with Crippen LogP contribution in [0.4, 0.5) is 5.69 Å². The highest BCUT2D eigenvalue weighted by atomic mass is 16.5. The zero-order valence-corrected chi connectivity index (χ0v) is 11.5. The molecule has 0 aliphatic heterocycles. The van der Waals surface area contributed by atoms with Crippen LogP contribution in [0.1, 0.15) is 32.2 Å². The van der Waals surface area contributed by atoms with Crippen LogP contribution >= 0.6 is 0 Å². The lowest BCUT2D eigenvalue weighted by Gasteiger charge is -2.05. The summed E-state index contributed by atoms with van der Waals surface area (Å²) in [7, 11) is 0. The predicted octanol–water partition coefficient (Wildman–Crippen LogP) is 1.84. The normalized spacial score (nSPS) is 24.0. The quantitative estimate of drug-likeness (QED) is 0.867. The summed E-state index contributed by atoms with van der Waals surface area (Å²) >= 11 is 0. The van der Waals surface area contributed by atoms with E-state index in [0.717, 1.165) is 0 Å². The zero-order chi connectivity index (χ0) is 14.4. The smallest absolute Gasteiger partial charge is 0.307 e. The van der Waals surface area contributed by atoms with Crippen molar-refractivity contribution in [2.45, 2.75) is 34.1 Å². The van der Waals surface area contributed by atoms with E-state index in [1.165, 1.54) is 0 Å². The minimum atomic E-state index is -0.928. The molecule has 1 aromatic rings. The summed E-state index contributed by atoms with van der Waals surface area (Å²) in [5.74, 6) is -1.74. The molecule has 19 heavy (non-hydrogen) atoms. The molecule has 1 amide bonds. The van der Waals surface area contributed by atoms with Gasteiger partial charge in [-0.05, 0) is 12.3 Å². The molecule has 104 valence electrons. The maximum Gasteiger partial charge on any atom is 0.307 e. The number of anilines is 1. The average Bonchev–Trinajstić information content (AvgIpc) is 2.74. The van der Waals surface area contributed by atoms with Crippen molar-refractivity contribution in [2.24, 2.45) is 17.3 Å². The Morgan fingerprint density at radius 2 is 2.05 bits per heavy atom. The molecule has 0 aromatic carbocycles. The number of amides is 1. The van der Waals surface area contributed by atoms with Crippen LogP contribution in [0.2, 0.25) is 0 Å². The van der Waals surface area contributed by atoms with Crippen molar-refractivity contribution in [1.82, 2.24) is 5.16 Å². The Morgan fingerprint density at radius 1 is 1.42 bits per heavy atom. The first-order chi connectivity index (χ1) is 8.80. The average molecular weight is 266 g/mol. The number of nitrogens with zero attached hydrogens (tertiary/aromatic N) is 1. The van der Waals surface area contributed by atoms with Crippen molar-refractivity contribution >= 4 is 17.6 Å². The predicted molar refractivity (Wildman–Crippen MR) is 67.6 cm³/mol. The summed E-state index contributed by atoms with van der Waals surface area (Å²) in [4.78, 5) is 23.3. The lowest BCUT2D eigenvalue weighted by atomic mass is 10.1. The molecule has 1 saturated carbocycles. The number of nitrogens with one attached hydrogen (secondary N) is 1. The standard InChI is InChI=1S/C13H18N2O4/c1-5-7-10(6(2)15-19-7)14-11(16)8-9(12(17)18)13(8,3)4/h8-9H,5H2,1-4H3,(H,14,16)(H,17,18)/t8-,9+/m0/s1. The molecule has 2 N–H and O–H groups in total. The first-order valence-corrected chi connectivity index (χ1v) is 6.29. The summed E-state index contributed by atoms with van der Waals surface area (Å²) in [6.07, 6.45) is 0.618. The number of hydrogen-bond donors (Lipinski definition) is 2. The first-order valence-electron chi connectivity index (χ1n) is 6.29. The van der Waals surface area contributed by atoms with E-state index in [2.05, 4.69) is 10.5 Å². The molecule has 0 saturated heterocycles. The van der Waals surface area contributed by atoms with Gasteiger partial charge in [0.15, 0.2) is 5.76 Å². The van der Waals surface area contributed by atoms with E-state index in [1.54, 1.807) is 20.8 Å². The van der Waals surface area contributed by atoms with Gasteiger partial charge in [-0.2, -0.15) is 0 Å². The SMILES string of the molecule is CCc1onc(C)c1NC(=O)[C@@H]1[C@H](C(=O)O)C1(C)C. The lowest BCUT2D eigenvalue weighted by Crippen LogP contribution is -2.18. The molecule has 1 fully saturated rings. The van der Waals surface area contributed by atoms with Crippen LogP contribution in [0.3, 0.4) is 0 Å². The number of carbonyl (C=O) groups is 2. The highest BCUT2D eigenvalue weighted by Gasteiger charge is 2.66. The van der Waals surface area contributed by atoms with Gasteiger partial charge in [0.2, 0.25) is 5.91 Å². The second-order valence-electron chi connectivity index (χ2n) is 5.52. The number of rotatable bonds is 4. The van der Waals surface area contributed by atoms with Crippen molar-refractivity contribution in [2.75, 3.05) is 5.32 Å². The van der Waals surface area contributed by atoms with Crippen molar-refractivity contribution in [3.63, 3.8) is 0 Å². The molecule has 0 spiro atoms. The lowest BCUT2D eigenvalue weighted by molar-refractivity contribution is -0.140. The van der Waals surface area contributed by atoms with Crippen LogP contribution in [0.5, 0.6) is 0 Å². The summed E-state index contributed by atoms with van der Waals surface area (Å²) in [5, 5.41) is 15.6. The maximum atomic E-state index is 12.2. The molecule has 1 heterocycles. The molecule has 0 unspecified atom stereocenters. The van der Waals surface area contributed by atoms with Gasteiger partial charge in [0.05, 0.1) is 11.8 Å². The first kappa shape index (κ1) is 13.6. The molecular formula is C13H18N2O4. The minimum absolute atomic E-state index is 0.279. The highest BCUT2D eigenvalue weighted by Crippen LogP contribution is 2.58. The Balaban J connectivity index is 2.15. The molecule has 1 aliphatic carbocycles. The third kappa shape index (κ3) is 2.11. The Bertz CT molecular complexity index is 533. The van der Waals surface area contributed by atoms with Crippen molar-refractivity contribution < 1.29 is 19.2 Å². The second-order valence-corrected chi connectivity index (χ2v) is 5.52. The van der Waals surface area contributed by atoms with E-state index < -0.39 is 23.2 Å². The Kier molecular flexibility index (Phi) is 3.12. The van der Waals surface area contributed by atoms with Crippen LogP contribution in [0.25, 0.3) is 0 Å². The summed E-state index contributed by atoms with van der Waals surface area (Å²) < 4.78 is 5.09. The number of carboxylic acid groups (broad SMARTS) is 1. The molecule has 6 heteroatoms. The number of aliphatic carboxylic acids is 1. The molecule has 0 radical (unpaired) electrons. The van der Waals surface area contributed by atoms with E-state index in [1.807, 2.05) is 6.92 Å². The molecule has 1 aliphatic rings. The number of aromatic nitrogens is 1. The zero-order valence-electron chi connectivity index (χ0n) is 11.5. The van der Waals surface area contributed by atoms with Crippen molar-refractivity contribution in [1.29, 1.82) is 0 Å². The number of aryl methyl sites for hydroxylation is 2. The van der Waals surface area contributed by atoms with Crippen LogP contribution in [-0.4, -0.2) is 22.1 Å². The van der Waals surface area contributed by atoms with Gasteiger partial charge in [0, 0.05) is 6.42 Å². The van der Waals surface area contributed by atoms with Gasteiger partial charge in [0.1, 0.15) is 11.4 Å². The van der Waals surface area contributed by atoms with Crippen molar-refractivity contribution in [3.05, 3.63) is 11.5 Å². The van der Waals surface area contributed by atoms with E-state index in [0.29, 0.717) is 23.6 Å². The van der Waals surface area contributed by atoms with E-state index in [-0.39, 0.29) is 5.91 Å². The summed E-state index contributed by atoms with van der Waals surface area (Å²) in [5.41, 5.74) is 0.669. The van der Waals surface area contributed by atoms with Gasteiger partial charge >= 0.3 is 5.97 Å². The fraction of sp³-hybridized carbons (Fsp3) is 0.615. The van der Waals surface area contributed by atoms with Crippen LogP contribution in [-0.2, 0) is 16.0 Å². The number of hydrogen-bond acceptors (Lipinski definition) is 4. The fourth-order valence-electron chi connectivity index (χ4n) is 2.61. The third-order valence-electron chi connectivity index (χ3n) is 3.88. The van der Waals surface area contributed by atoms with Gasteiger partial charge in [-0.3, -0.25) is 9.59 Å². The number of carbonyl (C=O) groups excluding carboxylic acids is 1. The molecule has 2 rings (SSSR count). The minimum Gasteiger partial charge on any atom is -0.481 e. The summed E-state index contributed by atoms with van der Waals surface area (Å²) in [6, 6.07) is 0. The fourth-order valence-corrected chi connectivity index (χ4v) is 2.61. The Hall–Kier alpha value is -1.85. The van der Waals surface area contributed by atoms with Crippen LogP contribution in [0, 0.1) is 24.2 Å². The van der Waals surface area contributed by atoms with Crippen LogP contribution in [0.15, 0.2) is 4.52 Å². The topological polar surface area (TPSA) is 92.4 Å². The largest absolute Gasteiger partial charge is 0.481 e. The molecule has 0 bridgehead atoms. The van der Waals surface area contributed by atoms with Gasteiger partial charge in [-0.25, -0.2) is 0 Å². The molecule has 1 aromatic heterocycles. The van der Waals surface area contributed by atoms with Gasteiger partial charge in [-0.1, -0.05) is 25.9 Å². The Morgan fingerprint density at radius 3 is 2.53 bits per heavy atom. The molecular weight excluding hydrogens is 248 g/mol. The monoisotopic (exact) mass is 266 g/mol. The van der Waals surface area contributed by atoms with E-state index in [4.69, 9.17) is 9.63 Å². The number of carboxylic acids is 1. The van der Waals surface area contributed by atoms with Crippen molar-refractivity contribution in [3.8, 4) is 0 Å². The van der Waals surface area contributed by atoms with Crippen LogP contribution < -0.4 is 5.32 Å². The van der Waals surface area contributed by atoms with Gasteiger partial charge in [-0.15, -0.1) is 0 Å². The maximum absolute atomic E-state index is 12.2. The van der Waals surface area contributed by atoms with E-state index in [9.17, 15) is 9.59 Å². The summed E-state index contributed by atoms with van der Waals surface area (Å²) in [6.45, 7) is 7.22. The van der Waals surface area contributed by atoms with Gasteiger partial charge < -0.3 is 14.9 Å². The molecule has 6 nitrogen and oxygen atoms in total. The van der Waals surface area contributed by atoms with E-state index >= 15 is 0 Å². The highest BCUT2D eigenvalue weighted by molar-refractivity contribution is 6.00. The molecule has 2 atom stereocenters. The second kappa shape index (κ2) is 4.36. The van der Waals surface area contributed by atoms with Gasteiger partial charge in [0.25, 0.3) is 0 Å².